The zero-order valence-corrected chi connectivity index (χ0v) is 11.5. The maximum Gasteiger partial charge on any atom is 0.222 e. The van der Waals surface area contributed by atoms with Crippen LogP contribution in [-0.2, 0) is 0 Å². The molecule has 100 valence electrons. The molecule has 1 N–H and O–H groups in total. The van der Waals surface area contributed by atoms with Gasteiger partial charge in [-0.15, -0.1) is 0 Å². The van der Waals surface area contributed by atoms with Crippen molar-refractivity contribution >= 4 is 5.95 Å². The lowest BCUT2D eigenvalue weighted by molar-refractivity contribution is 0.160. The summed E-state index contributed by atoms with van der Waals surface area (Å²) in [6, 6.07) is 2.68. The van der Waals surface area contributed by atoms with Crippen LogP contribution in [0.2, 0.25) is 0 Å². The summed E-state index contributed by atoms with van der Waals surface area (Å²) in [6.07, 6.45) is 7.07. The Morgan fingerprint density at radius 3 is 3.11 bits per heavy atom. The Morgan fingerprint density at radius 2 is 2.33 bits per heavy atom. The third kappa shape index (κ3) is 3.95. The van der Waals surface area contributed by atoms with Crippen molar-refractivity contribution in [1.29, 1.82) is 0 Å². The highest BCUT2D eigenvalue weighted by molar-refractivity contribution is 5.24. The Bertz CT molecular complexity index is 367. The molecule has 18 heavy (non-hydrogen) atoms. The van der Waals surface area contributed by atoms with Crippen molar-refractivity contribution in [1.82, 2.24) is 14.9 Å². The van der Waals surface area contributed by atoms with E-state index >= 15 is 0 Å². The average molecular weight is 248 g/mol. The molecule has 0 amide bonds. The summed E-state index contributed by atoms with van der Waals surface area (Å²) in [5.74, 6) is 0.752. The molecule has 0 spiro atoms. The predicted molar refractivity (Wildman–Crippen MR) is 74.8 cm³/mol. The molecule has 4 heteroatoms. The highest BCUT2D eigenvalue weighted by Gasteiger charge is 2.16. The van der Waals surface area contributed by atoms with Gasteiger partial charge in [0.15, 0.2) is 0 Å². The third-order valence-electron chi connectivity index (χ3n) is 3.64. The number of hydrogen-bond acceptors (Lipinski definition) is 4. The van der Waals surface area contributed by atoms with E-state index in [0.717, 1.165) is 30.6 Å². The van der Waals surface area contributed by atoms with E-state index in [1.807, 2.05) is 13.0 Å². The molecule has 1 aromatic heterocycles. The van der Waals surface area contributed by atoms with Crippen LogP contribution in [0.25, 0.3) is 0 Å². The summed E-state index contributed by atoms with van der Waals surface area (Å²) in [7, 11) is 0. The molecule has 0 bridgehead atoms. The van der Waals surface area contributed by atoms with Crippen LogP contribution in [0.3, 0.4) is 0 Å². The maximum absolute atomic E-state index is 4.34. The molecule has 0 aromatic carbocycles. The first kappa shape index (κ1) is 13.3. The van der Waals surface area contributed by atoms with Crippen LogP contribution >= 0.6 is 0 Å². The van der Waals surface area contributed by atoms with E-state index in [2.05, 4.69) is 27.1 Å². The molecule has 1 aliphatic rings. The van der Waals surface area contributed by atoms with Crippen LogP contribution in [0.15, 0.2) is 12.3 Å². The van der Waals surface area contributed by atoms with Crippen molar-refractivity contribution in [3.8, 4) is 0 Å². The van der Waals surface area contributed by atoms with E-state index in [1.165, 1.54) is 32.4 Å². The van der Waals surface area contributed by atoms with Gasteiger partial charge in [0.2, 0.25) is 5.95 Å². The van der Waals surface area contributed by atoms with Gasteiger partial charge in [-0.25, -0.2) is 9.97 Å². The van der Waals surface area contributed by atoms with Crippen LogP contribution in [0.4, 0.5) is 5.95 Å². The molecule has 0 radical (unpaired) electrons. The molecule has 1 atom stereocenters. The zero-order chi connectivity index (χ0) is 12.8. The van der Waals surface area contributed by atoms with Gasteiger partial charge >= 0.3 is 0 Å². The van der Waals surface area contributed by atoms with Crippen molar-refractivity contribution in [2.45, 2.75) is 45.6 Å². The van der Waals surface area contributed by atoms with E-state index in [1.54, 1.807) is 6.20 Å². The van der Waals surface area contributed by atoms with Gasteiger partial charge in [0.25, 0.3) is 0 Å². The Morgan fingerprint density at radius 1 is 1.44 bits per heavy atom. The maximum atomic E-state index is 4.34. The zero-order valence-electron chi connectivity index (χ0n) is 11.5. The first-order valence-electron chi connectivity index (χ1n) is 7.03. The molecular weight excluding hydrogens is 224 g/mol. The normalized spacial score (nSPS) is 20.9. The van der Waals surface area contributed by atoms with Gasteiger partial charge in [0.1, 0.15) is 0 Å². The molecule has 2 rings (SSSR count). The molecule has 0 saturated carbocycles. The molecule has 2 heterocycles. The first-order valence-corrected chi connectivity index (χ1v) is 7.03. The van der Waals surface area contributed by atoms with Gasteiger partial charge < -0.3 is 10.2 Å². The second-order valence-corrected chi connectivity index (χ2v) is 5.18. The van der Waals surface area contributed by atoms with Crippen molar-refractivity contribution in [2.24, 2.45) is 0 Å². The lowest BCUT2D eigenvalue weighted by Crippen LogP contribution is -2.38. The average Bonchev–Trinajstić information content (AvgIpc) is 2.37. The van der Waals surface area contributed by atoms with E-state index in [-0.39, 0.29) is 0 Å². The van der Waals surface area contributed by atoms with Crippen LogP contribution in [0.1, 0.15) is 38.3 Å². The number of aromatic nitrogens is 2. The van der Waals surface area contributed by atoms with Crippen molar-refractivity contribution < 1.29 is 0 Å². The minimum absolute atomic E-state index is 0.752. The molecule has 4 nitrogen and oxygen atoms in total. The molecule has 1 aliphatic heterocycles. The van der Waals surface area contributed by atoms with Gasteiger partial charge in [-0.05, 0) is 45.7 Å². The molecule has 1 aromatic rings. The van der Waals surface area contributed by atoms with Crippen LogP contribution in [0.5, 0.6) is 0 Å². The van der Waals surface area contributed by atoms with Gasteiger partial charge in [-0.3, -0.25) is 0 Å². The predicted octanol–water partition coefficient (Wildman–Crippen LogP) is 2.46. The van der Waals surface area contributed by atoms with E-state index < -0.39 is 0 Å². The van der Waals surface area contributed by atoms with Crippen molar-refractivity contribution in [3.05, 3.63) is 18.0 Å². The summed E-state index contributed by atoms with van der Waals surface area (Å²) in [5.41, 5.74) is 1.01. The van der Waals surface area contributed by atoms with Crippen LogP contribution < -0.4 is 5.32 Å². The molecular formula is C14H24N4. The third-order valence-corrected chi connectivity index (χ3v) is 3.64. The van der Waals surface area contributed by atoms with Gasteiger partial charge in [0.05, 0.1) is 0 Å². The number of anilines is 1. The van der Waals surface area contributed by atoms with Crippen LogP contribution in [-0.4, -0.2) is 40.5 Å². The lowest BCUT2D eigenvalue weighted by atomic mass is 10.0. The highest BCUT2D eigenvalue weighted by Crippen LogP contribution is 2.16. The fourth-order valence-corrected chi connectivity index (χ4v) is 2.51. The Hall–Kier alpha value is -1.16. The topological polar surface area (TPSA) is 41.1 Å². The van der Waals surface area contributed by atoms with E-state index in [0.29, 0.717) is 0 Å². The SMILES string of the molecule is Cc1ccnc(NCCCN2CCCCC2C)n1. The molecule has 1 saturated heterocycles. The summed E-state index contributed by atoms with van der Waals surface area (Å²) in [4.78, 5) is 11.1. The summed E-state index contributed by atoms with van der Waals surface area (Å²) in [6.45, 7) is 7.73. The second-order valence-electron chi connectivity index (χ2n) is 5.18. The minimum atomic E-state index is 0.752. The summed E-state index contributed by atoms with van der Waals surface area (Å²) in [5, 5.41) is 3.29. The number of piperidine rings is 1. The lowest BCUT2D eigenvalue weighted by Gasteiger charge is -2.33. The minimum Gasteiger partial charge on any atom is -0.354 e. The smallest absolute Gasteiger partial charge is 0.222 e. The fraction of sp³-hybridized carbons (Fsp3) is 0.714. The number of nitrogens with zero attached hydrogens (tertiary/aromatic N) is 3. The first-order chi connectivity index (χ1) is 8.75. The number of likely N-dealkylation sites (tertiary alicyclic amines) is 1. The quantitative estimate of drug-likeness (QED) is 0.813. The molecule has 1 fully saturated rings. The van der Waals surface area contributed by atoms with Gasteiger partial charge in [0, 0.05) is 31.0 Å². The Balaban J connectivity index is 1.66. The molecule has 0 aliphatic carbocycles. The number of hydrogen-bond donors (Lipinski definition) is 1. The standard InChI is InChI=1S/C14H24N4/c1-12-7-9-16-14(17-12)15-8-5-11-18-10-4-3-6-13(18)2/h7,9,13H,3-6,8,10-11H2,1-2H3,(H,15,16,17). The number of nitrogens with one attached hydrogen (secondary N) is 1. The fourth-order valence-electron chi connectivity index (χ4n) is 2.51. The number of aryl methyl sites for hydroxylation is 1. The van der Waals surface area contributed by atoms with E-state index in [4.69, 9.17) is 0 Å². The summed E-state index contributed by atoms with van der Waals surface area (Å²) < 4.78 is 0. The number of rotatable bonds is 5. The highest BCUT2D eigenvalue weighted by atomic mass is 15.2. The van der Waals surface area contributed by atoms with E-state index in [9.17, 15) is 0 Å². The largest absolute Gasteiger partial charge is 0.354 e. The monoisotopic (exact) mass is 248 g/mol. The van der Waals surface area contributed by atoms with Gasteiger partial charge in [-0.2, -0.15) is 0 Å². The second kappa shape index (κ2) is 6.69. The molecule has 1 unspecified atom stereocenters. The summed E-state index contributed by atoms with van der Waals surface area (Å²) >= 11 is 0. The van der Waals surface area contributed by atoms with Crippen molar-refractivity contribution in [3.63, 3.8) is 0 Å². The Labute approximate surface area is 110 Å². The van der Waals surface area contributed by atoms with Crippen LogP contribution in [0, 0.1) is 6.92 Å². The Kier molecular flexibility index (Phi) is 4.93. The van der Waals surface area contributed by atoms with Crippen molar-refractivity contribution in [2.75, 3.05) is 25.0 Å². The van der Waals surface area contributed by atoms with Gasteiger partial charge in [-0.1, -0.05) is 6.42 Å².